The van der Waals surface area contributed by atoms with Gasteiger partial charge in [0.2, 0.25) is 0 Å². The van der Waals surface area contributed by atoms with Crippen molar-refractivity contribution in [1.29, 1.82) is 0 Å². The number of hydrogen-bond acceptors (Lipinski definition) is 3. The topological polar surface area (TPSA) is 39.1 Å². The molecular formula is C13H13ClF3N3O. The number of nitrogens with zero attached hydrogens (tertiary/aromatic N) is 2. The molecule has 0 saturated heterocycles. The van der Waals surface area contributed by atoms with Crippen LogP contribution in [0.15, 0.2) is 30.6 Å². The second-order valence-corrected chi connectivity index (χ2v) is 4.55. The molecule has 0 radical (unpaired) electrons. The lowest BCUT2D eigenvalue weighted by molar-refractivity contribution is -0.137. The van der Waals surface area contributed by atoms with E-state index in [0.717, 1.165) is 18.0 Å². The van der Waals surface area contributed by atoms with Gasteiger partial charge in [0.15, 0.2) is 0 Å². The quantitative estimate of drug-likeness (QED) is 0.925. The molecule has 1 aliphatic heterocycles. The average Bonchev–Trinajstić information content (AvgIpc) is 3.04. The van der Waals surface area contributed by atoms with Crippen LogP contribution in [0.3, 0.4) is 0 Å². The number of rotatable bonds is 2. The van der Waals surface area contributed by atoms with Crippen LogP contribution in [0, 0.1) is 0 Å². The van der Waals surface area contributed by atoms with E-state index in [4.69, 9.17) is 4.74 Å². The zero-order valence-corrected chi connectivity index (χ0v) is 11.8. The van der Waals surface area contributed by atoms with Gasteiger partial charge in [0.25, 0.3) is 0 Å². The fourth-order valence-electron chi connectivity index (χ4n) is 2.19. The summed E-state index contributed by atoms with van der Waals surface area (Å²) in [5.74, 6) is 0.672. The molecule has 0 unspecified atom stereocenters. The first kappa shape index (κ1) is 15.7. The highest BCUT2D eigenvalue weighted by Crippen LogP contribution is 2.34. The van der Waals surface area contributed by atoms with E-state index in [1.165, 1.54) is 4.68 Å². The van der Waals surface area contributed by atoms with Crippen molar-refractivity contribution in [3.63, 3.8) is 0 Å². The Morgan fingerprint density at radius 1 is 1.38 bits per heavy atom. The number of halogens is 4. The first-order valence-corrected chi connectivity index (χ1v) is 6.05. The van der Waals surface area contributed by atoms with Crippen molar-refractivity contribution in [2.75, 3.05) is 13.7 Å². The summed E-state index contributed by atoms with van der Waals surface area (Å²) in [6.45, 7) is 0.516. The van der Waals surface area contributed by atoms with Crippen molar-refractivity contribution in [3.05, 3.63) is 41.7 Å². The molecule has 2 heterocycles. The molecule has 114 valence electrons. The summed E-state index contributed by atoms with van der Waals surface area (Å²) in [7, 11) is 1.83. The Hall–Kier alpha value is -1.73. The van der Waals surface area contributed by atoms with Gasteiger partial charge in [-0.15, -0.1) is 12.4 Å². The third kappa shape index (κ3) is 2.84. The normalized spacial score (nSPS) is 17.0. The van der Waals surface area contributed by atoms with Crippen LogP contribution in [0.4, 0.5) is 13.2 Å². The molecular weight excluding hydrogens is 307 g/mol. The number of likely N-dealkylation sites (N-methyl/N-ethyl adjacent to an activating group) is 1. The van der Waals surface area contributed by atoms with Crippen molar-refractivity contribution < 1.29 is 17.9 Å². The third-order valence-electron chi connectivity index (χ3n) is 3.30. The molecule has 0 spiro atoms. The van der Waals surface area contributed by atoms with Gasteiger partial charge in [-0.3, -0.25) is 0 Å². The Morgan fingerprint density at radius 3 is 2.76 bits per heavy atom. The molecule has 2 aromatic rings. The van der Waals surface area contributed by atoms with Gasteiger partial charge in [-0.1, -0.05) is 6.07 Å². The first-order chi connectivity index (χ1) is 9.49. The van der Waals surface area contributed by atoms with Crippen LogP contribution < -0.4 is 10.1 Å². The number of alkyl halides is 3. The lowest BCUT2D eigenvalue weighted by Gasteiger charge is -2.07. The molecule has 1 aromatic carbocycles. The van der Waals surface area contributed by atoms with Gasteiger partial charge in [0.1, 0.15) is 12.4 Å². The van der Waals surface area contributed by atoms with Gasteiger partial charge in [-0.05, 0) is 13.1 Å². The van der Waals surface area contributed by atoms with Crippen LogP contribution in [0.1, 0.15) is 17.2 Å². The number of nitrogens with one attached hydrogen (secondary N) is 1. The molecule has 1 aliphatic rings. The zero-order chi connectivity index (χ0) is 14.3. The Labute approximate surface area is 125 Å². The molecule has 3 rings (SSSR count). The Balaban J connectivity index is 0.00000161. The second kappa shape index (κ2) is 5.57. The predicted molar refractivity (Wildman–Crippen MR) is 73.1 cm³/mol. The second-order valence-electron chi connectivity index (χ2n) is 4.55. The molecule has 0 fully saturated rings. The monoisotopic (exact) mass is 319 g/mol. The molecule has 0 bridgehead atoms. The molecule has 0 amide bonds. The Bertz CT molecular complexity index is 642. The number of aromatic nitrogens is 2. The largest absolute Gasteiger partial charge is 0.491 e. The summed E-state index contributed by atoms with van der Waals surface area (Å²) in [6, 6.07) is 5.38. The summed E-state index contributed by atoms with van der Waals surface area (Å²) in [4.78, 5) is 0. The van der Waals surface area contributed by atoms with Crippen LogP contribution in [0.5, 0.6) is 5.75 Å². The smallest absolute Gasteiger partial charge is 0.419 e. The van der Waals surface area contributed by atoms with Crippen LogP contribution in [0.25, 0.3) is 5.69 Å². The fourth-order valence-corrected chi connectivity index (χ4v) is 2.19. The fraction of sp³-hybridized carbons (Fsp3) is 0.308. The van der Waals surface area contributed by atoms with Gasteiger partial charge in [0.05, 0.1) is 23.5 Å². The minimum Gasteiger partial charge on any atom is -0.491 e. The van der Waals surface area contributed by atoms with Crippen LogP contribution in [-0.4, -0.2) is 23.4 Å². The van der Waals surface area contributed by atoms with Crippen molar-refractivity contribution >= 4 is 12.4 Å². The van der Waals surface area contributed by atoms with E-state index in [0.29, 0.717) is 18.0 Å². The molecule has 0 saturated carbocycles. The van der Waals surface area contributed by atoms with Crippen LogP contribution in [0.2, 0.25) is 0 Å². The molecule has 0 aliphatic carbocycles. The zero-order valence-electron chi connectivity index (χ0n) is 11.0. The van der Waals surface area contributed by atoms with Gasteiger partial charge in [0, 0.05) is 17.8 Å². The maximum atomic E-state index is 12.5. The van der Waals surface area contributed by atoms with Crippen molar-refractivity contribution in [1.82, 2.24) is 15.1 Å². The van der Waals surface area contributed by atoms with E-state index in [-0.39, 0.29) is 18.4 Å². The standard InChI is InChI=1S/C13H12F3N3O.ClH/c1-17-11-7-20-12-4-9(2-3-10(11)12)19-6-8(5-18-19)13(14,15)16;/h2-6,11,17H,7H2,1H3;1H/t11-;/m1./s1. The third-order valence-corrected chi connectivity index (χ3v) is 3.30. The average molecular weight is 320 g/mol. The van der Waals surface area contributed by atoms with E-state index in [9.17, 15) is 13.2 Å². The Kier molecular flexibility index (Phi) is 4.15. The molecule has 21 heavy (non-hydrogen) atoms. The summed E-state index contributed by atoms with van der Waals surface area (Å²) in [5.41, 5.74) is 0.766. The SMILES string of the molecule is CN[C@@H]1COc2cc(-n3cc(C(F)(F)F)cn3)ccc21.Cl. The maximum Gasteiger partial charge on any atom is 0.419 e. The van der Waals surface area contributed by atoms with E-state index < -0.39 is 11.7 Å². The number of ether oxygens (including phenoxy) is 1. The molecule has 1 atom stereocenters. The van der Waals surface area contributed by atoms with Crippen molar-refractivity contribution in [2.45, 2.75) is 12.2 Å². The van der Waals surface area contributed by atoms with Crippen LogP contribution >= 0.6 is 12.4 Å². The highest BCUT2D eigenvalue weighted by Gasteiger charge is 2.32. The van der Waals surface area contributed by atoms with Crippen molar-refractivity contribution in [2.24, 2.45) is 0 Å². The Morgan fingerprint density at radius 2 is 2.14 bits per heavy atom. The number of benzene rings is 1. The van der Waals surface area contributed by atoms with Gasteiger partial charge in [-0.2, -0.15) is 18.3 Å². The minimum atomic E-state index is -4.39. The van der Waals surface area contributed by atoms with E-state index in [1.807, 2.05) is 13.1 Å². The summed E-state index contributed by atoms with van der Waals surface area (Å²) in [5, 5.41) is 6.85. The van der Waals surface area contributed by atoms with E-state index in [1.54, 1.807) is 12.1 Å². The summed E-state index contributed by atoms with van der Waals surface area (Å²) < 4.78 is 44.3. The van der Waals surface area contributed by atoms with E-state index in [2.05, 4.69) is 10.4 Å². The highest BCUT2D eigenvalue weighted by molar-refractivity contribution is 5.85. The molecule has 1 N–H and O–H groups in total. The van der Waals surface area contributed by atoms with Crippen molar-refractivity contribution in [3.8, 4) is 11.4 Å². The van der Waals surface area contributed by atoms with Gasteiger partial charge < -0.3 is 10.1 Å². The predicted octanol–water partition coefficient (Wildman–Crippen LogP) is 2.97. The lowest BCUT2D eigenvalue weighted by Crippen LogP contribution is -2.17. The number of hydrogen-bond donors (Lipinski definition) is 1. The maximum absolute atomic E-state index is 12.5. The van der Waals surface area contributed by atoms with E-state index >= 15 is 0 Å². The van der Waals surface area contributed by atoms with Gasteiger partial charge >= 0.3 is 6.18 Å². The molecule has 8 heteroatoms. The minimum absolute atomic E-state index is 0. The molecule has 1 aromatic heterocycles. The summed E-state index contributed by atoms with van der Waals surface area (Å²) >= 11 is 0. The number of fused-ring (bicyclic) bond motifs is 1. The van der Waals surface area contributed by atoms with Crippen LogP contribution in [-0.2, 0) is 6.18 Å². The summed E-state index contributed by atoms with van der Waals surface area (Å²) in [6.07, 6.45) is -2.61. The molecule has 4 nitrogen and oxygen atoms in total. The van der Waals surface area contributed by atoms with Gasteiger partial charge in [-0.25, -0.2) is 4.68 Å². The highest BCUT2D eigenvalue weighted by atomic mass is 35.5. The lowest BCUT2D eigenvalue weighted by atomic mass is 10.1. The first-order valence-electron chi connectivity index (χ1n) is 6.05.